The van der Waals surface area contributed by atoms with Crippen LogP contribution in [0.5, 0.6) is 0 Å². The number of piperazine rings is 1. The standard InChI is InChI=1S/C21H22N4OS/c26-20(18-7-4-8-19(15-18)23-21-22-9-14-27-21)25-12-10-24(11-13-25)16-17-5-2-1-3-6-17/h1-9,14-15H,10-13,16H2,(H,22,23). The van der Waals surface area contributed by atoms with Crippen LogP contribution >= 0.6 is 11.3 Å². The molecule has 4 rings (SSSR count). The van der Waals surface area contributed by atoms with Crippen molar-refractivity contribution < 1.29 is 4.79 Å². The maximum atomic E-state index is 12.9. The molecule has 1 aromatic heterocycles. The quantitative estimate of drug-likeness (QED) is 0.733. The molecule has 138 valence electrons. The van der Waals surface area contributed by atoms with Crippen molar-refractivity contribution >= 4 is 28.1 Å². The van der Waals surface area contributed by atoms with Crippen LogP contribution in [-0.4, -0.2) is 46.9 Å². The Kier molecular flexibility index (Phi) is 5.46. The SMILES string of the molecule is O=C(c1cccc(Nc2nccs2)c1)N1CCN(Cc2ccccc2)CC1. The summed E-state index contributed by atoms with van der Waals surface area (Å²) in [5, 5.41) is 6.00. The number of aromatic nitrogens is 1. The zero-order valence-electron chi connectivity index (χ0n) is 15.0. The molecule has 0 saturated carbocycles. The normalized spacial score (nSPS) is 14.9. The highest BCUT2D eigenvalue weighted by Crippen LogP contribution is 2.20. The van der Waals surface area contributed by atoms with Gasteiger partial charge in [0, 0.05) is 55.6 Å². The van der Waals surface area contributed by atoms with Crippen LogP contribution in [0.2, 0.25) is 0 Å². The summed E-state index contributed by atoms with van der Waals surface area (Å²) in [6.07, 6.45) is 1.76. The number of amides is 1. The molecule has 6 heteroatoms. The smallest absolute Gasteiger partial charge is 0.254 e. The molecule has 0 atom stereocenters. The van der Waals surface area contributed by atoms with Gasteiger partial charge in [-0.15, -0.1) is 11.3 Å². The molecule has 1 aliphatic heterocycles. The minimum Gasteiger partial charge on any atom is -0.336 e. The van der Waals surface area contributed by atoms with Gasteiger partial charge in [0.15, 0.2) is 5.13 Å². The molecule has 1 fully saturated rings. The molecular formula is C21H22N4OS. The van der Waals surface area contributed by atoms with E-state index in [1.165, 1.54) is 16.9 Å². The zero-order chi connectivity index (χ0) is 18.5. The Morgan fingerprint density at radius 2 is 1.85 bits per heavy atom. The maximum absolute atomic E-state index is 12.9. The van der Waals surface area contributed by atoms with Gasteiger partial charge in [-0.05, 0) is 23.8 Å². The van der Waals surface area contributed by atoms with Crippen molar-refractivity contribution in [3.8, 4) is 0 Å². The second kappa shape index (κ2) is 8.33. The van der Waals surface area contributed by atoms with Gasteiger partial charge in [0.05, 0.1) is 0 Å². The van der Waals surface area contributed by atoms with Gasteiger partial charge in [0.1, 0.15) is 0 Å². The Morgan fingerprint density at radius 3 is 2.59 bits per heavy atom. The van der Waals surface area contributed by atoms with E-state index in [9.17, 15) is 4.79 Å². The van der Waals surface area contributed by atoms with Crippen molar-refractivity contribution in [2.45, 2.75) is 6.54 Å². The number of anilines is 2. The molecule has 2 heterocycles. The van der Waals surface area contributed by atoms with Crippen molar-refractivity contribution in [2.24, 2.45) is 0 Å². The van der Waals surface area contributed by atoms with E-state index in [0.717, 1.165) is 43.5 Å². The number of nitrogens with one attached hydrogen (secondary N) is 1. The Hall–Kier alpha value is -2.70. The molecule has 0 aliphatic carbocycles. The van der Waals surface area contributed by atoms with Crippen LogP contribution < -0.4 is 5.32 Å². The number of rotatable bonds is 5. The Labute approximate surface area is 163 Å². The van der Waals surface area contributed by atoms with Gasteiger partial charge in [-0.25, -0.2) is 4.98 Å². The van der Waals surface area contributed by atoms with E-state index >= 15 is 0 Å². The molecular weight excluding hydrogens is 356 g/mol. The number of benzene rings is 2. The largest absolute Gasteiger partial charge is 0.336 e. The first-order valence-electron chi connectivity index (χ1n) is 9.10. The monoisotopic (exact) mass is 378 g/mol. The fourth-order valence-corrected chi connectivity index (χ4v) is 3.82. The minimum atomic E-state index is 0.0946. The first-order valence-corrected chi connectivity index (χ1v) is 9.98. The molecule has 1 N–H and O–H groups in total. The minimum absolute atomic E-state index is 0.0946. The van der Waals surface area contributed by atoms with E-state index in [1.807, 2.05) is 40.6 Å². The summed E-state index contributed by atoms with van der Waals surface area (Å²) in [6, 6.07) is 18.1. The van der Waals surface area contributed by atoms with Crippen LogP contribution in [0.15, 0.2) is 66.2 Å². The van der Waals surface area contributed by atoms with E-state index < -0.39 is 0 Å². The molecule has 0 radical (unpaired) electrons. The number of hydrogen-bond donors (Lipinski definition) is 1. The number of carbonyl (C=O) groups is 1. The average Bonchev–Trinajstić information content (AvgIpc) is 3.22. The van der Waals surface area contributed by atoms with Crippen molar-refractivity contribution in [2.75, 3.05) is 31.5 Å². The molecule has 1 amide bonds. The van der Waals surface area contributed by atoms with Gasteiger partial charge in [0.25, 0.3) is 5.91 Å². The van der Waals surface area contributed by atoms with Crippen molar-refractivity contribution in [3.63, 3.8) is 0 Å². The third-order valence-corrected chi connectivity index (χ3v) is 5.39. The zero-order valence-corrected chi connectivity index (χ0v) is 15.9. The third-order valence-electron chi connectivity index (χ3n) is 4.70. The van der Waals surface area contributed by atoms with Crippen LogP contribution in [0.3, 0.4) is 0 Å². The lowest BCUT2D eigenvalue weighted by Gasteiger charge is -2.34. The first-order chi connectivity index (χ1) is 13.3. The predicted octanol–water partition coefficient (Wildman–Crippen LogP) is 3.84. The lowest BCUT2D eigenvalue weighted by atomic mass is 10.1. The summed E-state index contributed by atoms with van der Waals surface area (Å²) in [6.45, 7) is 4.26. The topological polar surface area (TPSA) is 48.5 Å². The Balaban J connectivity index is 1.35. The second-order valence-electron chi connectivity index (χ2n) is 6.60. The lowest BCUT2D eigenvalue weighted by molar-refractivity contribution is 0.0628. The molecule has 1 saturated heterocycles. The van der Waals surface area contributed by atoms with E-state index in [4.69, 9.17) is 0 Å². The van der Waals surface area contributed by atoms with Gasteiger partial charge in [-0.3, -0.25) is 9.69 Å². The molecule has 27 heavy (non-hydrogen) atoms. The van der Waals surface area contributed by atoms with Crippen LogP contribution in [0, 0.1) is 0 Å². The fraction of sp³-hybridized carbons (Fsp3) is 0.238. The van der Waals surface area contributed by atoms with Gasteiger partial charge in [0.2, 0.25) is 0 Å². The highest BCUT2D eigenvalue weighted by molar-refractivity contribution is 7.13. The van der Waals surface area contributed by atoms with Gasteiger partial charge >= 0.3 is 0 Å². The summed E-state index contributed by atoms with van der Waals surface area (Å²) >= 11 is 1.54. The molecule has 0 bridgehead atoms. The number of thiazole rings is 1. The second-order valence-corrected chi connectivity index (χ2v) is 7.49. The van der Waals surface area contributed by atoms with Gasteiger partial charge in [-0.1, -0.05) is 36.4 Å². The van der Waals surface area contributed by atoms with Gasteiger partial charge < -0.3 is 10.2 Å². The summed E-state index contributed by atoms with van der Waals surface area (Å²) < 4.78 is 0. The van der Waals surface area contributed by atoms with Crippen molar-refractivity contribution in [3.05, 3.63) is 77.3 Å². The van der Waals surface area contributed by atoms with Gasteiger partial charge in [-0.2, -0.15) is 0 Å². The van der Waals surface area contributed by atoms with E-state index in [-0.39, 0.29) is 5.91 Å². The molecule has 1 aliphatic rings. The molecule has 0 unspecified atom stereocenters. The average molecular weight is 379 g/mol. The van der Waals surface area contributed by atoms with E-state index in [0.29, 0.717) is 5.56 Å². The highest BCUT2D eigenvalue weighted by atomic mass is 32.1. The molecule has 3 aromatic rings. The summed E-state index contributed by atoms with van der Waals surface area (Å²) in [5.74, 6) is 0.0946. The lowest BCUT2D eigenvalue weighted by Crippen LogP contribution is -2.48. The summed E-state index contributed by atoms with van der Waals surface area (Å²) in [4.78, 5) is 21.5. The predicted molar refractivity (Wildman–Crippen MR) is 109 cm³/mol. The highest BCUT2D eigenvalue weighted by Gasteiger charge is 2.22. The number of hydrogen-bond acceptors (Lipinski definition) is 5. The summed E-state index contributed by atoms with van der Waals surface area (Å²) in [5.41, 5.74) is 2.92. The Bertz CT molecular complexity index is 874. The fourth-order valence-electron chi connectivity index (χ4n) is 3.27. The molecule has 2 aromatic carbocycles. The van der Waals surface area contributed by atoms with E-state index in [2.05, 4.69) is 39.5 Å². The van der Waals surface area contributed by atoms with Crippen molar-refractivity contribution in [1.29, 1.82) is 0 Å². The first kappa shape index (κ1) is 17.7. The summed E-state index contributed by atoms with van der Waals surface area (Å²) in [7, 11) is 0. The molecule has 5 nitrogen and oxygen atoms in total. The number of carbonyl (C=O) groups excluding carboxylic acids is 1. The van der Waals surface area contributed by atoms with E-state index in [1.54, 1.807) is 6.20 Å². The maximum Gasteiger partial charge on any atom is 0.254 e. The molecule has 0 spiro atoms. The third kappa shape index (κ3) is 4.53. The number of nitrogens with zero attached hydrogens (tertiary/aromatic N) is 3. The van der Waals surface area contributed by atoms with Crippen LogP contribution in [-0.2, 0) is 6.54 Å². The Morgan fingerprint density at radius 1 is 1.04 bits per heavy atom. The van der Waals surface area contributed by atoms with Crippen LogP contribution in [0.4, 0.5) is 10.8 Å². The van der Waals surface area contributed by atoms with Crippen LogP contribution in [0.25, 0.3) is 0 Å². The van der Waals surface area contributed by atoms with Crippen molar-refractivity contribution in [1.82, 2.24) is 14.8 Å². The van der Waals surface area contributed by atoms with Crippen LogP contribution in [0.1, 0.15) is 15.9 Å².